The monoisotopic (exact) mass is 373 g/mol. The first-order valence-corrected chi connectivity index (χ1v) is 9.28. The van der Waals surface area contributed by atoms with Gasteiger partial charge in [0.15, 0.2) is 11.0 Å². The van der Waals surface area contributed by atoms with Crippen molar-refractivity contribution in [3.05, 3.63) is 65.8 Å². The molecule has 0 atom stereocenters. The Balaban J connectivity index is 1.62. The van der Waals surface area contributed by atoms with Gasteiger partial charge in [0.2, 0.25) is 0 Å². The molecule has 132 valence electrons. The van der Waals surface area contributed by atoms with Crippen LogP contribution in [0.25, 0.3) is 27.5 Å². The average molecular weight is 373 g/mol. The Hall–Kier alpha value is -3.37. The first-order valence-electron chi connectivity index (χ1n) is 8.29. The molecule has 0 unspecified atom stereocenters. The molecule has 6 nitrogen and oxygen atoms in total. The van der Waals surface area contributed by atoms with Crippen molar-refractivity contribution in [3.63, 3.8) is 0 Å². The van der Waals surface area contributed by atoms with Crippen molar-refractivity contribution in [1.29, 1.82) is 5.26 Å². The van der Waals surface area contributed by atoms with Crippen LogP contribution in [0.5, 0.6) is 0 Å². The molecule has 2 N–H and O–H groups in total. The summed E-state index contributed by atoms with van der Waals surface area (Å²) in [5, 5.41) is 21.5. The summed E-state index contributed by atoms with van der Waals surface area (Å²) < 4.78 is 0. The Morgan fingerprint density at radius 3 is 2.59 bits per heavy atom. The van der Waals surface area contributed by atoms with Gasteiger partial charge < -0.3 is 10.1 Å². The first kappa shape index (κ1) is 17.1. The van der Waals surface area contributed by atoms with Gasteiger partial charge in [-0.2, -0.15) is 5.26 Å². The fourth-order valence-corrected chi connectivity index (χ4v) is 3.58. The molecule has 2 aromatic carbocycles. The lowest BCUT2D eigenvalue weighted by Crippen LogP contribution is -1.98. The quantitative estimate of drug-likeness (QED) is 0.238. The van der Waals surface area contributed by atoms with E-state index in [-0.39, 0.29) is 17.1 Å². The second-order valence-corrected chi connectivity index (χ2v) is 6.88. The largest absolute Gasteiger partial charge is 0.510 e. The number of nitrogens with zero attached hydrogens (tertiary/aromatic N) is 4. The lowest BCUT2D eigenvalue weighted by Gasteiger charge is -2.05. The Kier molecular flexibility index (Phi) is 4.48. The molecule has 0 saturated carbocycles. The van der Waals surface area contributed by atoms with Crippen molar-refractivity contribution < 1.29 is 5.11 Å². The van der Waals surface area contributed by atoms with Gasteiger partial charge in [-0.1, -0.05) is 42.1 Å². The molecule has 0 fully saturated rings. The van der Waals surface area contributed by atoms with E-state index >= 15 is 0 Å². The molecule has 2 aromatic heterocycles. The highest BCUT2D eigenvalue weighted by Crippen LogP contribution is 2.25. The number of aryl methyl sites for hydroxylation is 1. The fraction of sp³-hybridized carbons (Fsp3) is 0.100. The highest BCUT2D eigenvalue weighted by atomic mass is 32.2. The number of fused-ring (bicyclic) bond motifs is 2. The number of aliphatic hydroxyl groups is 1. The van der Waals surface area contributed by atoms with E-state index in [2.05, 4.69) is 19.9 Å². The number of nitrogens with one attached hydrogen (secondary N) is 1. The number of H-pyrrole nitrogens is 1. The summed E-state index contributed by atoms with van der Waals surface area (Å²) in [5.74, 6) is 0.473. The van der Waals surface area contributed by atoms with Gasteiger partial charge in [0.25, 0.3) is 0 Å². The fourth-order valence-electron chi connectivity index (χ4n) is 2.80. The van der Waals surface area contributed by atoms with Crippen molar-refractivity contribution in [2.24, 2.45) is 0 Å². The maximum absolute atomic E-state index is 10.5. The minimum atomic E-state index is -0.0593. The van der Waals surface area contributed by atoms with E-state index in [9.17, 15) is 10.4 Å². The van der Waals surface area contributed by atoms with Gasteiger partial charge in [-0.05, 0) is 25.1 Å². The summed E-state index contributed by atoms with van der Waals surface area (Å²) in [6.07, 6.45) is 0. The van der Waals surface area contributed by atoms with E-state index in [1.807, 2.05) is 61.5 Å². The van der Waals surface area contributed by atoms with Gasteiger partial charge >= 0.3 is 0 Å². The number of aromatic amines is 1. The van der Waals surface area contributed by atoms with Crippen LogP contribution in [0, 0.1) is 18.3 Å². The SMILES string of the molecule is Cc1nc(SC/C(O)=C(\C#N)c2nc3ccccc3[nH]2)nc2ccccc12. The molecule has 27 heavy (non-hydrogen) atoms. The van der Waals surface area contributed by atoms with Crippen molar-refractivity contribution in [1.82, 2.24) is 19.9 Å². The number of hydrogen-bond donors (Lipinski definition) is 2. The summed E-state index contributed by atoms with van der Waals surface area (Å²) in [7, 11) is 0. The molecule has 4 rings (SSSR count). The number of hydrogen-bond acceptors (Lipinski definition) is 6. The van der Waals surface area contributed by atoms with Gasteiger partial charge in [-0.25, -0.2) is 15.0 Å². The third kappa shape index (κ3) is 3.35. The van der Waals surface area contributed by atoms with E-state index in [1.54, 1.807) is 0 Å². The number of aliphatic hydroxyl groups excluding tert-OH is 1. The van der Waals surface area contributed by atoms with Gasteiger partial charge in [0.1, 0.15) is 17.4 Å². The van der Waals surface area contributed by atoms with E-state index in [1.165, 1.54) is 11.8 Å². The van der Waals surface area contributed by atoms with Crippen molar-refractivity contribution >= 4 is 39.3 Å². The maximum atomic E-state index is 10.5. The summed E-state index contributed by atoms with van der Waals surface area (Å²) >= 11 is 1.28. The van der Waals surface area contributed by atoms with Crippen LogP contribution >= 0.6 is 11.8 Å². The van der Waals surface area contributed by atoms with Crippen LogP contribution in [0.15, 0.2) is 59.4 Å². The van der Waals surface area contributed by atoms with E-state index in [0.29, 0.717) is 11.0 Å². The van der Waals surface area contributed by atoms with Gasteiger partial charge in [0, 0.05) is 11.1 Å². The highest BCUT2D eigenvalue weighted by molar-refractivity contribution is 7.99. The number of allylic oxidation sites excluding steroid dienone is 1. The van der Waals surface area contributed by atoms with Crippen LogP contribution in [0.3, 0.4) is 0 Å². The molecule has 0 saturated heterocycles. The number of nitriles is 1. The van der Waals surface area contributed by atoms with Crippen LogP contribution in [0.1, 0.15) is 11.5 Å². The van der Waals surface area contributed by atoms with E-state index in [4.69, 9.17) is 0 Å². The molecule has 0 aliphatic carbocycles. The minimum absolute atomic E-state index is 0.0593. The van der Waals surface area contributed by atoms with Crippen molar-refractivity contribution in [2.45, 2.75) is 12.1 Å². The third-order valence-electron chi connectivity index (χ3n) is 4.14. The number of para-hydroxylation sites is 3. The van der Waals surface area contributed by atoms with Gasteiger partial charge in [-0.15, -0.1) is 0 Å². The topological polar surface area (TPSA) is 98.5 Å². The molecular weight excluding hydrogens is 358 g/mol. The first-order chi connectivity index (χ1) is 13.2. The van der Waals surface area contributed by atoms with Gasteiger partial charge in [-0.3, -0.25) is 0 Å². The van der Waals surface area contributed by atoms with Gasteiger partial charge in [0.05, 0.1) is 22.3 Å². The summed E-state index contributed by atoms with van der Waals surface area (Å²) in [5.41, 5.74) is 3.41. The lowest BCUT2D eigenvalue weighted by atomic mass is 10.2. The molecule has 0 bridgehead atoms. The molecule has 0 radical (unpaired) electrons. The maximum Gasteiger partial charge on any atom is 0.188 e. The van der Waals surface area contributed by atoms with E-state index in [0.717, 1.165) is 27.6 Å². The number of aromatic nitrogens is 4. The summed E-state index contributed by atoms with van der Waals surface area (Å²) in [4.78, 5) is 16.4. The Labute approximate surface area is 159 Å². The molecule has 7 heteroatoms. The third-order valence-corrected chi connectivity index (χ3v) is 5.00. The lowest BCUT2D eigenvalue weighted by molar-refractivity contribution is 0.420. The van der Waals surface area contributed by atoms with Crippen LogP contribution in [0.4, 0.5) is 0 Å². The van der Waals surface area contributed by atoms with E-state index < -0.39 is 0 Å². The molecule has 0 aliphatic heterocycles. The molecule has 4 aromatic rings. The number of rotatable bonds is 4. The zero-order valence-electron chi connectivity index (χ0n) is 14.5. The molecular formula is C20H15N5OS. The molecule has 0 spiro atoms. The van der Waals surface area contributed by atoms with Crippen LogP contribution < -0.4 is 0 Å². The van der Waals surface area contributed by atoms with Crippen LogP contribution in [0.2, 0.25) is 0 Å². The Bertz CT molecular complexity index is 1190. The molecule has 2 heterocycles. The Morgan fingerprint density at radius 2 is 1.81 bits per heavy atom. The second kappa shape index (κ2) is 7.09. The second-order valence-electron chi connectivity index (χ2n) is 5.93. The predicted molar refractivity (Wildman–Crippen MR) is 106 cm³/mol. The summed E-state index contributed by atoms with van der Waals surface area (Å²) in [6, 6.07) is 17.3. The zero-order chi connectivity index (χ0) is 18.8. The zero-order valence-corrected chi connectivity index (χ0v) is 15.3. The smallest absolute Gasteiger partial charge is 0.188 e. The number of thioether (sulfide) groups is 1. The minimum Gasteiger partial charge on any atom is -0.510 e. The molecule has 0 aliphatic rings. The number of benzene rings is 2. The molecule has 0 amide bonds. The van der Waals surface area contributed by atoms with Crippen LogP contribution in [-0.2, 0) is 0 Å². The normalized spacial score (nSPS) is 12.1. The van der Waals surface area contributed by atoms with Crippen LogP contribution in [-0.4, -0.2) is 30.8 Å². The predicted octanol–water partition coefficient (Wildman–Crippen LogP) is 4.40. The standard InChI is InChI=1S/C20H15N5OS/c1-12-13-6-2-3-7-15(13)25-20(22-12)27-11-18(26)14(10-21)19-23-16-8-4-5-9-17(16)24-19/h2-9,26H,11H2,1H3,(H,23,24)/b18-14-. The number of imidazole rings is 1. The van der Waals surface area contributed by atoms with Crippen molar-refractivity contribution in [2.75, 3.05) is 5.75 Å². The summed E-state index contributed by atoms with van der Waals surface area (Å²) in [6.45, 7) is 1.93. The highest BCUT2D eigenvalue weighted by Gasteiger charge is 2.14. The Morgan fingerprint density at radius 1 is 1.07 bits per heavy atom. The van der Waals surface area contributed by atoms with Crippen molar-refractivity contribution in [3.8, 4) is 6.07 Å². The average Bonchev–Trinajstić information content (AvgIpc) is 3.10.